The standard InChI is InChI=1S/C29H19BrF5N3O5/c1-41-27(39)23-22(14-6-4-3-5-7-14)17(13-36)26(37)38(24(23)28(40)42-2)21-12-16(8-9-18(21)30)43-25-19(31)10-15(11-20(25)32)29(33,34)35/h3-12,22H,37H2,1-2H3. The maximum absolute atomic E-state index is 14.5. The highest BCUT2D eigenvalue weighted by Gasteiger charge is 2.43. The van der Waals surface area contributed by atoms with Crippen LogP contribution in [0.1, 0.15) is 17.0 Å². The van der Waals surface area contributed by atoms with E-state index in [1.54, 1.807) is 30.3 Å². The van der Waals surface area contributed by atoms with E-state index in [0.717, 1.165) is 25.2 Å². The van der Waals surface area contributed by atoms with Gasteiger partial charge < -0.3 is 19.9 Å². The van der Waals surface area contributed by atoms with Gasteiger partial charge in [-0.25, -0.2) is 18.4 Å². The summed E-state index contributed by atoms with van der Waals surface area (Å²) >= 11 is 3.29. The first-order valence-corrected chi connectivity index (χ1v) is 12.8. The summed E-state index contributed by atoms with van der Waals surface area (Å²) in [5, 5.41) is 10.2. The summed E-state index contributed by atoms with van der Waals surface area (Å²) in [5.41, 5.74) is 4.36. The smallest absolute Gasteiger partial charge is 0.416 e. The summed E-state index contributed by atoms with van der Waals surface area (Å²) in [7, 11) is 2.12. The topological polar surface area (TPSA) is 115 Å². The number of hydrogen-bond donors (Lipinski definition) is 1. The SMILES string of the molecule is COC(=O)C1=C(C(=O)OC)N(c2cc(Oc3c(F)cc(C(F)(F)F)cc3F)ccc2Br)C(N)=C(C#N)C1c1ccccc1. The van der Waals surface area contributed by atoms with Gasteiger partial charge in [0.1, 0.15) is 17.3 Å². The van der Waals surface area contributed by atoms with Crippen LogP contribution in [-0.2, 0) is 25.2 Å². The van der Waals surface area contributed by atoms with Gasteiger partial charge in [0, 0.05) is 10.5 Å². The van der Waals surface area contributed by atoms with Crippen molar-refractivity contribution in [2.45, 2.75) is 12.1 Å². The van der Waals surface area contributed by atoms with Crippen LogP contribution in [0.4, 0.5) is 27.6 Å². The minimum absolute atomic E-state index is 0.0659. The highest BCUT2D eigenvalue weighted by molar-refractivity contribution is 9.10. The van der Waals surface area contributed by atoms with Crippen molar-refractivity contribution < 1.29 is 45.8 Å². The number of nitrogens with two attached hydrogens (primary N) is 1. The number of alkyl halides is 3. The first-order valence-electron chi connectivity index (χ1n) is 12.0. The lowest BCUT2D eigenvalue weighted by molar-refractivity contribution is -0.139. The number of hydrogen-bond acceptors (Lipinski definition) is 8. The molecule has 0 spiro atoms. The minimum atomic E-state index is -5.01. The summed E-state index contributed by atoms with van der Waals surface area (Å²) in [5.74, 6) is -8.21. The summed E-state index contributed by atoms with van der Waals surface area (Å²) in [6.07, 6.45) is -5.01. The van der Waals surface area contributed by atoms with Crippen molar-refractivity contribution in [1.82, 2.24) is 0 Å². The van der Waals surface area contributed by atoms with Crippen molar-refractivity contribution in [3.8, 4) is 17.6 Å². The van der Waals surface area contributed by atoms with E-state index in [-0.39, 0.29) is 45.0 Å². The second-order valence-corrected chi connectivity index (χ2v) is 9.67. The van der Waals surface area contributed by atoms with Gasteiger partial charge in [-0.05, 0) is 45.8 Å². The van der Waals surface area contributed by atoms with Gasteiger partial charge in [0.25, 0.3) is 0 Å². The molecule has 0 fully saturated rings. The third-order valence-electron chi connectivity index (χ3n) is 6.31. The van der Waals surface area contributed by atoms with Gasteiger partial charge in [-0.1, -0.05) is 30.3 Å². The molecular formula is C29H19BrF5N3O5. The van der Waals surface area contributed by atoms with Gasteiger partial charge in [0.2, 0.25) is 0 Å². The first kappa shape index (κ1) is 31.0. The molecule has 0 aliphatic carbocycles. The van der Waals surface area contributed by atoms with Gasteiger partial charge in [-0.15, -0.1) is 0 Å². The van der Waals surface area contributed by atoms with Crippen LogP contribution in [0.2, 0.25) is 0 Å². The van der Waals surface area contributed by atoms with Gasteiger partial charge in [-0.3, -0.25) is 4.90 Å². The maximum Gasteiger partial charge on any atom is 0.416 e. The molecule has 0 saturated carbocycles. The van der Waals surface area contributed by atoms with Crippen molar-refractivity contribution in [2.24, 2.45) is 5.73 Å². The Bertz CT molecular complexity index is 1690. The summed E-state index contributed by atoms with van der Waals surface area (Å²) in [6, 6.07) is 14.0. The molecule has 1 atom stereocenters. The molecule has 1 aliphatic heterocycles. The van der Waals surface area contributed by atoms with Crippen LogP contribution in [0.15, 0.2) is 87.8 Å². The summed E-state index contributed by atoms with van der Waals surface area (Å²) < 4.78 is 83.5. The number of benzene rings is 3. The molecule has 0 aromatic heterocycles. The number of nitrogens with zero attached hydrogens (tertiary/aromatic N) is 2. The van der Waals surface area contributed by atoms with E-state index in [0.29, 0.717) is 5.56 Å². The number of rotatable bonds is 6. The van der Waals surface area contributed by atoms with Crippen LogP contribution in [0.5, 0.6) is 11.5 Å². The highest BCUT2D eigenvalue weighted by atomic mass is 79.9. The number of allylic oxidation sites excluding steroid dienone is 1. The average Bonchev–Trinajstić information content (AvgIpc) is 2.98. The van der Waals surface area contributed by atoms with Gasteiger partial charge >= 0.3 is 18.1 Å². The second-order valence-electron chi connectivity index (χ2n) is 8.82. The van der Waals surface area contributed by atoms with Crippen LogP contribution in [0.25, 0.3) is 0 Å². The number of nitriles is 1. The van der Waals surface area contributed by atoms with E-state index < -0.39 is 52.7 Å². The lowest BCUT2D eigenvalue weighted by atomic mass is 9.81. The van der Waals surface area contributed by atoms with Crippen molar-refractivity contribution >= 4 is 33.6 Å². The molecule has 0 amide bonds. The lowest BCUT2D eigenvalue weighted by Gasteiger charge is -2.36. The quantitative estimate of drug-likeness (QED) is 0.237. The number of halogens is 6. The molecule has 2 N–H and O–H groups in total. The molecule has 3 aromatic rings. The van der Waals surface area contributed by atoms with Crippen LogP contribution in [-0.4, -0.2) is 26.2 Å². The normalized spacial score (nSPS) is 15.2. The molecule has 0 radical (unpaired) electrons. The molecule has 14 heteroatoms. The molecule has 222 valence electrons. The van der Waals surface area contributed by atoms with Gasteiger partial charge in [0.05, 0.1) is 48.6 Å². The van der Waals surface area contributed by atoms with E-state index in [2.05, 4.69) is 15.9 Å². The Morgan fingerprint density at radius 2 is 1.58 bits per heavy atom. The third-order valence-corrected chi connectivity index (χ3v) is 6.98. The van der Waals surface area contributed by atoms with Crippen molar-refractivity contribution in [3.63, 3.8) is 0 Å². The molecule has 8 nitrogen and oxygen atoms in total. The minimum Gasteiger partial charge on any atom is -0.466 e. The number of esters is 2. The number of anilines is 1. The third kappa shape index (κ3) is 5.89. The predicted molar refractivity (Wildman–Crippen MR) is 145 cm³/mol. The Labute approximate surface area is 249 Å². The zero-order chi connectivity index (χ0) is 31.6. The molecule has 4 rings (SSSR count). The van der Waals surface area contributed by atoms with E-state index in [1.165, 1.54) is 12.1 Å². The monoisotopic (exact) mass is 663 g/mol. The van der Waals surface area contributed by atoms with E-state index in [4.69, 9.17) is 19.9 Å². The molecule has 1 unspecified atom stereocenters. The first-order chi connectivity index (χ1) is 20.3. The van der Waals surface area contributed by atoms with Crippen LogP contribution < -0.4 is 15.4 Å². The summed E-state index contributed by atoms with van der Waals surface area (Å²) in [4.78, 5) is 27.5. The van der Waals surface area contributed by atoms with E-state index in [9.17, 15) is 36.8 Å². The largest absolute Gasteiger partial charge is 0.466 e. The van der Waals surface area contributed by atoms with E-state index >= 15 is 0 Å². The highest BCUT2D eigenvalue weighted by Crippen LogP contribution is 2.46. The van der Waals surface area contributed by atoms with Crippen LogP contribution in [0, 0.1) is 23.0 Å². The fourth-order valence-electron chi connectivity index (χ4n) is 4.43. The zero-order valence-electron chi connectivity index (χ0n) is 22.1. The number of carbonyl (C=O) groups is 2. The molecule has 43 heavy (non-hydrogen) atoms. The molecule has 3 aromatic carbocycles. The molecule has 1 aliphatic rings. The molecule has 0 bridgehead atoms. The Hall–Kier alpha value is -4.90. The van der Waals surface area contributed by atoms with Crippen molar-refractivity contribution in [2.75, 3.05) is 19.1 Å². The predicted octanol–water partition coefficient (Wildman–Crippen LogP) is 6.44. The fourth-order valence-corrected chi connectivity index (χ4v) is 4.85. The van der Waals surface area contributed by atoms with Crippen LogP contribution >= 0.6 is 15.9 Å². The lowest BCUT2D eigenvalue weighted by Crippen LogP contribution is -2.41. The molecule has 0 saturated heterocycles. The second kappa shape index (κ2) is 12.1. The molecule has 1 heterocycles. The number of ether oxygens (including phenoxy) is 3. The van der Waals surface area contributed by atoms with Crippen molar-refractivity contribution in [3.05, 3.63) is 111 Å². The van der Waals surface area contributed by atoms with Crippen molar-refractivity contribution in [1.29, 1.82) is 5.26 Å². The number of carbonyl (C=O) groups excluding carboxylic acids is 2. The van der Waals surface area contributed by atoms with E-state index in [1.807, 2.05) is 6.07 Å². The van der Waals surface area contributed by atoms with Gasteiger partial charge in [-0.2, -0.15) is 18.4 Å². The Morgan fingerprint density at radius 1 is 0.977 bits per heavy atom. The zero-order valence-corrected chi connectivity index (χ0v) is 23.7. The Morgan fingerprint density at radius 3 is 2.12 bits per heavy atom. The number of methoxy groups -OCH3 is 2. The maximum atomic E-state index is 14.5. The average molecular weight is 664 g/mol. The van der Waals surface area contributed by atoms with Gasteiger partial charge in [0.15, 0.2) is 17.4 Å². The Balaban J connectivity index is 1.94. The summed E-state index contributed by atoms with van der Waals surface area (Å²) in [6.45, 7) is 0. The molecular weight excluding hydrogens is 645 g/mol. The van der Waals surface area contributed by atoms with Crippen LogP contribution in [0.3, 0.4) is 0 Å². The fraction of sp³-hybridized carbons (Fsp3) is 0.138. The Kier molecular flexibility index (Phi) is 8.77.